The van der Waals surface area contributed by atoms with Crippen LogP contribution in [0.5, 0.6) is 0 Å². The van der Waals surface area contributed by atoms with Gasteiger partial charge in [0, 0.05) is 28.9 Å². The maximum Gasteiger partial charge on any atom is 0.0568 e. The van der Waals surface area contributed by atoms with Gasteiger partial charge in [0.15, 0.2) is 0 Å². The first-order chi connectivity index (χ1) is 7.31. The first-order valence-corrected chi connectivity index (χ1v) is 5.16. The molecule has 2 rings (SSSR count). The fourth-order valence-corrected chi connectivity index (χ4v) is 1.70. The van der Waals surface area contributed by atoms with Crippen LogP contribution in [0.2, 0.25) is 5.02 Å². The van der Waals surface area contributed by atoms with Crippen molar-refractivity contribution in [2.24, 2.45) is 5.73 Å². The van der Waals surface area contributed by atoms with Crippen LogP contribution in [0.4, 0.5) is 0 Å². The lowest BCUT2D eigenvalue weighted by Crippen LogP contribution is -2.09. The minimum absolute atomic E-state index is 0. The highest BCUT2D eigenvalue weighted by molar-refractivity contribution is 6.33. The Morgan fingerprint density at radius 2 is 2.06 bits per heavy atom. The van der Waals surface area contributed by atoms with Crippen molar-refractivity contribution in [1.29, 1.82) is 0 Å². The van der Waals surface area contributed by atoms with Gasteiger partial charge in [-0.15, -0.1) is 12.4 Å². The molecule has 2 N–H and O–H groups in total. The summed E-state index contributed by atoms with van der Waals surface area (Å²) in [5.41, 5.74) is 7.48. The lowest BCUT2D eigenvalue weighted by molar-refractivity contribution is 0.625. The van der Waals surface area contributed by atoms with Gasteiger partial charge in [-0.2, -0.15) is 5.10 Å². The van der Waals surface area contributed by atoms with Gasteiger partial charge in [0.05, 0.1) is 12.7 Å². The van der Waals surface area contributed by atoms with Crippen LogP contribution in [-0.2, 0) is 6.54 Å². The van der Waals surface area contributed by atoms with E-state index in [1.165, 1.54) is 0 Å². The van der Waals surface area contributed by atoms with Gasteiger partial charge in [-0.25, -0.2) is 0 Å². The molecule has 0 aliphatic rings. The molecule has 0 spiro atoms. The number of benzene rings is 1. The number of hydrogen-bond acceptors (Lipinski definition) is 2. The molecule has 0 bridgehead atoms. The minimum Gasteiger partial charge on any atom is -0.329 e. The number of hydrogen-bond donors (Lipinski definition) is 1. The van der Waals surface area contributed by atoms with Crippen LogP contribution in [0.3, 0.4) is 0 Å². The van der Waals surface area contributed by atoms with Gasteiger partial charge >= 0.3 is 0 Å². The number of halogens is 2. The van der Waals surface area contributed by atoms with Crippen LogP contribution in [0, 0.1) is 0 Å². The van der Waals surface area contributed by atoms with Crippen LogP contribution >= 0.6 is 24.0 Å². The molecule has 0 aliphatic heterocycles. The fourth-order valence-electron chi connectivity index (χ4n) is 1.45. The van der Waals surface area contributed by atoms with E-state index in [9.17, 15) is 0 Å². The highest BCUT2D eigenvalue weighted by Crippen LogP contribution is 2.26. The molecule has 16 heavy (non-hydrogen) atoms. The fraction of sp³-hybridized carbons (Fsp3) is 0.182. The van der Waals surface area contributed by atoms with E-state index in [0.717, 1.165) is 22.7 Å². The van der Waals surface area contributed by atoms with Gasteiger partial charge in [-0.1, -0.05) is 29.8 Å². The molecular formula is C11H13Cl2N3. The summed E-state index contributed by atoms with van der Waals surface area (Å²) in [6.45, 7) is 1.31. The highest BCUT2D eigenvalue weighted by Gasteiger charge is 2.04. The molecule has 0 unspecified atom stereocenters. The molecule has 86 valence electrons. The molecule has 1 heterocycles. The van der Waals surface area contributed by atoms with E-state index in [1.807, 2.05) is 35.1 Å². The maximum atomic E-state index is 6.08. The van der Waals surface area contributed by atoms with Crippen LogP contribution in [0.25, 0.3) is 11.1 Å². The predicted octanol–water partition coefficient (Wildman–Crippen LogP) is 2.58. The third-order valence-electron chi connectivity index (χ3n) is 2.18. The topological polar surface area (TPSA) is 43.8 Å². The zero-order valence-electron chi connectivity index (χ0n) is 8.64. The lowest BCUT2D eigenvalue weighted by Gasteiger charge is -1.99. The summed E-state index contributed by atoms with van der Waals surface area (Å²) in [6, 6.07) is 7.72. The van der Waals surface area contributed by atoms with Crippen molar-refractivity contribution in [3.8, 4) is 11.1 Å². The summed E-state index contributed by atoms with van der Waals surface area (Å²) >= 11 is 6.08. The second-order valence-electron chi connectivity index (χ2n) is 3.26. The average Bonchev–Trinajstić information content (AvgIpc) is 2.68. The highest BCUT2D eigenvalue weighted by atomic mass is 35.5. The van der Waals surface area contributed by atoms with Gasteiger partial charge < -0.3 is 5.73 Å². The summed E-state index contributed by atoms with van der Waals surface area (Å²) < 4.78 is 1.82. The van der Waals surface area contributed by atoms with Crippen molar-refractivity contribution in [3.05, 3.63) is 41.7 Å². The molecule has 0 atom stereocenters. The van der Waals surface area contributed by atoms with E-state index >= 15 is 0 Å². The lowest BCUT2D eigenvalue weighted by atomic mass is 10.1. The number of nitrogens with two attached hydrogens (primary N) is 1. The standard InChI is InChI=1S/C11H12ClN3.ClH/c12-11-4-2-1-3-10(11)9-7-14-15(8-9)6-5-13;/h1-4,7-8H,5-6,13H2;1H. The van der Waals surface area contributed by atoms with Gasteiger partial charge in [-0.05, 0) is 6.07 Å². The van der Waals surface area contributed by atoms with E-state index in [0.29, 0.717) is 6.54 Å². The minimum atomic E-state index is 0. The monoisotopic (exact) mass is 257 g/mol. The Bertz CT molecular complexity index is 454. The van der Waals surface area contributed by atoms with Crippen molar-refractivity contribution in [2.45, 2.75) is 6.54 Å². The van der Waals surface area contributed by atoms with Gasteiger partial charge in [0.1, 0.15) is 0 Å². The summed E-state index contributed by atoms with van der Waals surface area (Å²) in [4.78, 5) is 0. The predicted molar refractivity (Wildman–Crippen MR) is 69.0 cm³/mol. The number of aromatic nitrogens is 2. The third kappa shape index (κ3) is 2.76. The Kier molecular flexibility index (Phi) is 4.80. The van der Waals surface area contributed by atoms with Crippen LogP contribution in [-0.4, -0.2) is 16.3 Å². The van der Waals surface area contributed by atoms with Crippen molar-refractivity contribution in [3.63, 3.8) is 0 Å². The van der Waals surface area contributed by atoms with E-state index in [4.69, 9.17) is 17.3 Å². The molecule has 0 aliphatic carbocycles. The van der Waals surface area contributed by atoms with Gasteiger partial charge in [-0.3, -0.25) is 4.68 Å². The average molecular weight is 258 g/mol. The van der Waals surface area contributed by atoms with Gasteiger partial charge in [0.25, 0.3) is 0 Å². The zero-order chi connectivity index (χ0) is 10.7. The molecule has 0 saturated carbocycles. The molecular weight excluding hydrogens is 245 g/mol. The molecule has 1 aromatic heterocycles. The molecule has 0 saturated heterocycles. The number of nitrogens with zero attached hydrogens (tertiary/aromatic N) is 2. The van der Waals surface area contributed by atoms with Crippen molar-refractivity contribution < 1.29 is 0 Å². The Morgan fingerprint density at radius 1 is 1.31 bits per heavy atom. The largest absolute Gasteiger partial charge is 0.329 e. The Balaban J connectivity index is 0.00000128. The second kappa shape index (κ2) is 5.89. The SMILES string of the molecule is Cl.NCCn1cc(-c2ccccc2Cl)cn1. The summed E-state index contributed by atoms with van der Waals surface area (Å²) in [6.07, 6.45) is 3.75. The van der Waals surface area contributed by atoms with Crippen molar-refractivity contribution in [2.75, 3.05) is 6.54 Å². The molecule has 3 nitrogen and oxygen atoms in total. The molecule has 1 aromatic carbocycles. The van der Waals surface area contributed by atoms with E-state index < -0.39 is 0 Å². The van der Waals surface area contributed by atoms with E-state index in [-0.39, 0.29) is 12.4 Å². The van der Waals surface area contributed by atoms with Crippen LogP contribution in [0.1, 0.15) is 0 Å². The zero-order valence-corrected chi connectivity index (χ0v) is 10.2. The molecule has 0 radical (unpaired) electrons. The molecule has 0 fully saturated rings. The van der Waals surface area contributed by atoms with Crippen molar-refractivity contribution >= 4 is 24.0 Å². The molecule has 2 aromatic rings. The maximum absolute atomic E-state index is 6.08. The van der Waals surface area contributed by atoms with Crippen LogP contribution < -0.4 is 5.73 Å². The Hall–Kier alpha value is -1.03. The van der Waals surface area contributed by atoms with E-state index in [2.05, 4.69) is 5.10 Å². The van der Waals surface area contributed by atoms with Crippen molar-refractivity contribution in [1.82, 2.24) is 9.78 Å². The Labute approximate surface area is 106 Å². The summed E-state index contributed by atoms with van der Waals surface area (Å²) in [5.74, 6) is 0. The first-order valence-electron chi connectivity index (χ1n) is 4.78. The summed E-state index contributed by atoms with van der Waals surface area (Å²) in [7, 11) is 0. The number of rotatable bonds is 3. The quantitative estimate of drug-likeness (QED) is 0.919. The smallest absolute Gasteiger partial charge is 0.0568 e. The first kappa shape index (κ1) is 13.0. The van der Waals surface area contributed by atoms with E-state index in [1.54, 1.807) is 6.20 Å². The van der Waals surface area contributed by atoms with Crippen LogP contribution in [0.15, 0.2) is 36.7 Å². The molecule has 5 heteroatoms. The third-order valence-corrected chi connectivity index (χ3v) is 2.51. The normalized spacial score (nSPS) is 9.88. The Morgan fingerprint density at radius 3 is 2.75 bits per heavy atom. The second-order valence-corrected chi connectivity index (χ2v) is 3.67. The van der Waals surface area contributed by atoms with Gasteiger partial charge in [0.2, 0.25) is 0 Å². The molecule has 0 amide bonds. The summed E-state index contributed by atoms with van der Waals surface area (Å²) in [5, 5.41) is 4.94.